The molecule has 0 aromatic heterocycles. The molecule has 0 bridgehead atoms. The van der Waals surface area contributed by atoms with Crippen LogP contribution in [-0.4, -0.2) is 0 Å². The molecule has 0 nitrogen and oxygen atoms in total. The third-order valence-corrected chi connectivity index (χ3v) is 10.1. The van der Waals surface area contributed by atoms with Crippen molar-refractivity contribution in [2.75, 3.05) is 0 Å². The number of aryl methyl sites for hydroxylation is 1. The Morgan fingerprint density at radius 1 is 0.618 bits per heavy atom. The van der Waals surface area contributed by atoms with Gasteiger partial charge in [0, 0.05) is 5.41 Å². The highest BCUT2D eigenvalue weighted by Crippen LogP contribution is 2.39. The van der Waals surface area contributed by atoms with Crippen LogP contribution in [0.5, 0.6) is 0 Å². The molecule has 0 spiro atoms. The Kier molecular flexibility index (Phi) is 20.2. The summed E-state index contributed by atoms with van der Waals surface area (Å²) in [5.74, 6) is 0.679. The van der Waals surface area contributed by atoms with Crippen LogP contribution in [0.4, 0.5) is 0 Å². The molecule has 3 aromatic rings. The Balaban J connectivity index is 0.000000700. The smallest absolute Gasteiger partial charge is 0.0215 e. The van der Waals surface area contributed by atoms with Crippen molar-refractivity contribution in [3.8, 4) is 0 Å². The van der Waals surface area contributed by atoms with Gasteiger partial charge in [0.2, 0.25) is 0 Å². The van der Waals surface area contributed by atoms with Crippen LogP contribution in [0.2, 0.25) is 0 Å². The molecule has 0 heteroatoms. The molecule has 0 aliphatic heterocycles. The zero-order valence-electron chi connectivity index (χ0n) is 39.0. The molecule has 0 amide bonds. The largest absolute Gasteiger partial charge is 0.100 e. The second kappa shape index (κ2) is 22.4. The lowest BCUT2D eigenvalue weighted by Gasteiger charge is -2.33. The van der Waals surface area contributed by atoms with Crippen molar-refractivity contribution in [3.05, 3.63) is 154 Å². The Labute approximate surface area is 342 Å². The molecule has 0 N–H and O–H groups in total. The fourth-order valence-corrected chi connectivity index (χ4v) is 7.52. The van der Waals surface area contributed by atoms with Crippen LogP contribution in [0.25, 0.3) is 0 Å². The molecular weight excluding hydrogens is 661 g/mol. The van der Waals surface area contributed by atoms with Crippen LogP contribution >= 0.6 is 0 Å². The average Bonchev–Trinajstić information content (AvgIpc) is 3.09. The molecule has 1 aliphatic rings. The van der Waals surface area contributed by atoms with Gasteiger partial charge in [0.25, 0.3) is 0 Å². The van der Waals surface area contributed by atoms with E-state index < -0.39 is 0 Å². The molecule has 0 heterocycles. The topological polar surface area (TPSA) is 0 Å². The van der Waals surface area contributed by atoms with Gasteiger partial charge in [-0.1, -0.05) is 212 Å². The van der Waals surface area contributed by atoms with Crippen LogP contribution in [0.15, 0.2) is 120 Å². The molecule has 4 rings (SSSR count). The Bertz CT molecular complexity index is 1600. The highest BCUT2D eigenvalue weighted by atomic mass is 14.3. The first-order chi connectivity index (χ1) is 25.6. The maximum atomic E-state index is 4.05. The molecule has 0 fully saturated rings. The van der Waals surface area contributed by atoms with E-state index in [4.69, 9.17) is 0 Å². The van der Waals surface area contributed by atoms with E-state index in [0.29, 0.717) is 5.92 Å². The number of benzene rings is 3. The molecule has 1 aliphatic carbocycles. The Morgan fingerprint density at radius 2 is 1.07 bits per heavy atom. The van der Waals surface area contributed by atoms with Crippen molar-refractivity contribution in [1.82, 2.24) is 0 Å². The zero-order chi connectivity index (χ0) is 42.2. The molecule has 0 saturated carbocycles. The van der Waals surface area contributed by atoms with E-state index in [2.05, 4.69) is 188 Å². The SMILES string of the molecule is C=C(C)C1=CCC(C)C(C(C)(C)C)=C1.C=C(C)CCCc1ccc(CC(C)(c2cccc(CC(C)(C)C)c2)c2cccc(CC(C)(C)C)c2)cc1.CC.CC. The van der Waals surface area contributed by atoms with E-state index in [9.17, 15) is 0 Å². The summed E-state index contributed by atoms with van der Waals surface area (Å²) >= 11 is 0. The van der Waals surface area contributed by atoms with E-state index in [-0.39, 0.29) is 21.7 Å². The fraction of sp³-hybridized carbons (Fsp3) is 0.527. The van der Waals surface area contributed by atoms with E-state index in [1.165, 1.54) is 56.5 Å². The van der Waals surface area contributed by atoms with E-state index in [1.807, 2.05) is 27.7 Å². The molecular formula is C55H84. The lowest BCUT2D eigenvalue weighted by Crippen LogP contribution is -2.27. The van der Waals surface area contributed by atoms with Gasteiger partial charge >= 0.3 is 0 Å². The number of rotatable bonds is 11. The predicted molar refractivity (Wildman–Crippen MR) is 250 cm³/mol. The van der Waals surface area contributed by atoms with Gasteiger partial charge in [-0.15, -0.1) is 6.58 Å². The first-order valence-corrected chi connectivity index (χ1v) is 21.5. The molecule has 3 aromatic carbocycles. The van der Waals surface area contributed by atoms with Gasteiger partial charge in [0.15, 0.2) is 0 Å². The van der Waals surface area contributed by atoms with E-state index >= 15 is 0 Å². The van der Waals surface area contributed by atoms with Crippen LogP contribution in [0, 0.1) is 22.2 Å². The van der Waals surface area contributed by atoms with Crippen LogP contribution in [-0.2, 0) is 31.1 Å². The summed E-state index contributed by atoms with van der Waals surface area (Å²) in [6.07, 6.45) is 12.3. The monoisotopic (exact) mass is 745 g/mol. The van der Waals surface area contributed by atoms with Crippen LogP contribution in [0.1, 0.15) is 170 Å². The van der Waals surface area contributed by atoms with Gasteiger partial charge in [-0.25, -0.2) is 0 Å². The Morgan fingerprint density at radius 3 is 1.47 bits per heavy atom. The number of hydrogen-bond acceptors (Lipinski definition) is 0. The number of hydrogen-bond donors (Lipinski definition) is 0. The van der Waals surface area contributed by atoms with Gasteiger partial charge in [0.1, 0.15) is 0 Å². The zero-order valence-corrected chi connectivity index (χ0v) is 39.0. The van der Waals surface area contributed by atoms with E-state index in [1.54, 1.807) is 5.57 Å². The van der Waals surface area contributed by atoms with Gasteiger partial charge in [-0.2, -0.15) is 0 Å². The highest BCUT2D eigenvalue weighted by molar-refractivity contribution is 5.45. The number of allylic oxidation sites excluding steroid dienone is 6. The van der Waals surface area contributed by atoms with Crippen LogP contribution < -0.4 is 0 Å². The third kappa shape index (κ3) is 17.5. The first-order valence-electron chi connectivity index (χ1n) is 21.5. The molecule has 0 radical (unpaired) electrons. The maximum Gasteiger partial charge on any atom is 0.0215 e. The summed E-state index contributed by atoms with van der Waals surface area (Å²) in [6, 6.07) is 28.1. The standard InChI is InChI=1S/C37H50.C14H22.2C2H6/c1-28(2)13-10-14-29-19-21-30(22-20-29)27-37(9,33-17-11-15-31(23-33)25-35(3,4)5)34-18-12-16-32(24-34)26-36(6,7)8;1-10(2)12-8-7-11(3)13(9-12)14(4,5)6;2*1-2/h11-12,15-24H,1,10,13-14,25-27H2,2-9H3;8-9,11H,1,7H2,2-6H3;2*1-2H3. The maximum absolute atomic E-state index is 4.05. The molecule has 1 atom stereocenters. The van der Waals surface area contributed by atoms with Crippen molar-refractivity contribution >= 4 is 0 Å². The second-order valence-electron chi connectivity index (χ2n) is 19.4. The minimum atomic E-state index is -0.108. The van der Waals surface area contributed by atoms with Gasteiger partial charge in [0.05, 0.1) is 0 Å². The van der Waals surface area contributed by atoms with Crippen LogP contribution in [0.3, 0.4) is 0 Å². The molecule has 1 unspecified atom stereocenters. The predicted octanol–water partition coefficient (Wildman–Crippen LogP) is 16.9. The minimum Gasteiger partial charge on any atom is -0.100 e. The van der Waals surface area contributed by atoms with Crippen molar-refractivity contribution in [1.29, 1.82) is 0 Å². The normalized spacial score (nSPS) is 14.5. The van der Waals surface area contributed by atoms with E-state index in [0.717, 1.165) is 38.5 Å². The van der Waals surface area contributed by atoms with Gasteiger partial charge in [-0.3, -0.25) is 0 Å². The second-order valence-corrected chi connectivity index (χ2v) is 19.4. The quantitative estimate of drug-likeness (QED) is 0.172. The fourth-order valence-electron chi connectivity index (χ4n) is 7.52. The molecule has 0 saturated heterocycles. The summed E-state index contributed by atoms with van der Waals surface area (Å²) in [4.78, 5) is 0. The summed E-state index contributed by atoms with van der Waals surface area (Å²) in [6.45, 7) is 45.8. The minimum absolute atomic E-state index is 0.108. The summed E-state index contributed by atoms with van der Waals surface area (Å²) in [5.41, 5.74) is 14.5. The summed E-state index contributed by atoms with van der Waals surface area (Å²) in [7, 11) is 0. The van der Waals surface area contributed by atoms with Gasteiger partial charge < -0.3 is 0 Å². The lowest BCUT2D eigenvalue weighted by atomic mass is 9.70. The van der Waals surface area contributed by atoms with Crippen molar-refractivity contribution in [3.63, 3.8) is 0 Å². The lowest BCUT2D eigenvalue weighted by molar-refractivity contribution is 0.410. The summed E-state index contributed by atoms with van der Waals surface area (Å²) < 4.78 is 0. The summed E-state index contributed by atoms with van der Waals surface area (Å²) in [5, 5.41) is 0. The van der Waals surface area contributed by atoms with Gasteiger partial charge in [-0.05, 0) is 120 Å². The average molecular weight is 745 g/mol. The third-order valence-electron chi connectivity index (χ3n) is 10.1. The van der Waals surface area contributed by atoms with Crippen molar-refractivity contribution in [2.45, 2.75) is 168 Å². The van der Waals surface area contributed by atoms with Crippen molar-refractivity contribution in [2.24, 2.45) is 22.2 Å². The van der Waals surface area contributed by atoms with Crippen molar-refractivity contribution < 1.29 is 0 Å². The molecule has 304 valence electrons. The molecule has 55 heavy (non-hydrogen) atoms. The first kappa shape index (κ1) is 49.6. The highest BCUT2D eigenvalue weighted by Gasteiger charge is 2.31. The Hall–Kier alpha value is -3.38.